The maximum Gasteiger partial charge on any atom is 0.253 e. The molecular weight excluding hydrogens is 264 g/mol. The number of nitrogen functional groups attached to an aromatic ring is 1. The van der Waals surface area contributed by atoms with E-state index in [-0.39, 0.29) is 5.91 Å². The third-order valence-electron chi connectivity index (χ3n) is 3.93. The largest absolute Gasteiger partial charge is 0.397 e. The van der Waals surface area contributed by atoms with Gasteiger partial charge in [-0.05, 0) is 31.2 Å². The minimum absolute atomic E-state index is 0.0129. The van der Waals surface area contributed by atoms with Gasteiger partial charge in [0.15, 0.2) is 0 Å². The molecule has 2 rings (SSSR count). The van der Waals surface area contributed by atoms with E-state index in [0.29, 0.717) is 11.3 Å². The van der Waals surface area contributed by atoms with E-state index in [9.17, 15) is 4.79 Å². The Hall–Kier alpha value is -1.75. The van der Waals surface area contributed by atoms with Crippen molar-refractivity contribution in [1.29, 1.82) is 0 Å². The van der Waals surface area contributed by atoms with E-state index in [4.69, 9.17) is 5.73 Å². The van der Waals surface area contributed by atoms with Crippen LogP contribution < -0.4 is 10.6 Å². The highest BCUT2D eigenvalue weighted by Gasteiger charge is 2.19. The standard InChI is InChI=1S/C16H26N4O/c1-4-7-19-8-10-20(11-9-19)15-6-5-13(12-14(15)17)16(21)18(2)3/h5-6,12H,4,7-11,17H2,1-3H3. The van der Waals surface area contributed by atoms with Crippen molar-refractivity contribution < 1.29 is 4.79 Å². The third-order valence-corrected chi connectivity index (χ3v) is 3.93. The van der Waals surface area contributed by atoms with Crippen molar-refractivity contribution in [3.8, 4) is 0 Å². The molecule has 0 bridgehead atoms. The van der Waals surface area contributed by atoms with Crippen LogP contribution in [0, 0.1) is 0 Å². The molecule has 21 heavy (non-hydrogen) atoms. The molecule has 5 heteroatoms. The molecule has 0 saturated carbocycles. The molecule has 1 aromatic rings. The Morgan fingerprint density at radius 3 is 2.43 bits per heavy atom. The number of hydrogen-bond acceptors (Lipinski definition) is 4. The summed E-state index contributed by atoms with van der Waals surface area (Å²) in [7, 11) is 3.50. The van der Waals surface area contributed by atoms with Gasteiger partial charge < -0.3 is 15.5 Å². The Labute approximate surface area is 127 Å². The van der Waals surface area contributed by atoms with E-state index in [1.54, 1.807) is 25.1 Å². The molecule has 5 nitrogen and oxygen atoms in total. The van der Waals surface area contributed by atoms with E-state index in [2.05, 4.69) is 16.7 Å². The molecule has 1 saturated heterocycles. The minimum Gasteiger partial charge on any atom is -0.397 e. The van der Waals surface area contributed by atoms with Gasteiger partial charge >= 0.3 is 0 Å². The highest BCUT2D eigenvalue weighted by atomic mass is 16.2. The fourth-order valence-electron chi connectivity index (χ4n) is 2.76. The Morgan fingerprint density at radius 2 is 1.90 bits per heavy atom. The summed E-state index contributed by atoms with van der Waals surface area (Å²) in [4.78, 5) is 18.3. The number of carbonyl (C=O) groups is 1. The molecule has 1 aliphatic rings. The van der Waals surface area contributed by atoms with Crippen molar-refractivity contribution in [1.82, 2.24) is 9.80 Å². The highest BCUT2D eigenvalue weighted by Crippen LogP contribution is 2.26. The molecule has 2 N–H and O–H groups in total. The Balaban J connectivity index is 2.07. The number of amides is 1. The molecule has 1 fully saturated rings. The van der Waals surface area contributed by atoms with Crippen LogP contribution in [-0.4, -0.2) is 62.5 Å². The molecule has 0 spiro atoms. The van der Waals surface area contributed by atoms with E-state index >= 15 is 0 Å². The van der Waals surface area contributed by atoms with Crippen LogP contribution in [0.3, 0.4) is 0 Å². The zero-order valence-electron chi connectivity index (χ0n) is 13.3. The fourth-order valence-corrected chi connectivity index (χ4v) is 2.76. The zero-order valence-corrected chi connectivity index (χ0v) is 13.3. The van der Waals surface area contributed by atoms with E-state index in [0.717, 1.165) is 31.9 Å². The fraction of sp³-hybridized carbons (Fsp3) is 0.562. The number of rotatable bonds is 4. The number of benzene rings is 1. The summed E-state index contributed by atoms with van der Waals surface area (Å²) in [6, 6.07) is 5.63. The lowest BCUT2D eigenvalue weighted by Gasteiger charge is -2.36. The lowest BCUT2D eigenvalue weighted by molar-refractivity contribution is 0.0827. The number of nitrogens with two attached hydrogens (primary N) is 1. The van der Waals surface area contributed by atoms with Gasteiger partial charge in [-0.15, -0.1) is 0 Å². The molecule has 0 radical (unpaired) electrons. The topological polar surface area (TPSA) is 52.8 Å². The highest BCUT2D eigenvalue weighted by molar-refractivity contribution is 5.95. The van der Waals surface area contributed by atoms with Crippen LogP contribution in [0.25, 0.3) is 0 Å². The maximum absolute atomic E-state index is 11.9. The van der Waals surface area contributed by atoms with Crippen molar-refractivity contribution in [2.24, 2.45) is 0 Å². The number of carbonyl (C=O) groups excluding carboxylic acids is 1. The average molecular weight is 290 g/mol. The minimum atomic E-state index is -0.0129. The van der Waals surface area contributed by atoms with Crippen molar-refractivity contribution in [2.75, 3.05) is 57.5 Å². The average Bonchev–Trinajstić information content (AvgIpc) is 2.47. The molecule has 1 aliphatic heterocycles. The monoisotopic (exact) mass is 290 g/mol. The molecule has 0 unspecified atom stereocenters. The lowest BCUT2D eigenvalue weighted by Crippen LogP contribution is -2.46. The van der Waals surface area contributed by atoms with Gasteiger partial charge in [-0.25, -0.2) is 0 Å². The number of nitrogens with zero attached hydrogens (tertiary/aromatic N) is 3. The first-order chi connectivity index (χ1) is 10.0. The second-order valence-electron chi connectivity index (χ2n) is 5.80. The molecule has 0 aliphatic carbocycles. The van der Waals surface area contributed by atoms with Gasteiger partial charge in [0.2, 0.25) is 0 Å². The summed E-state index contributed by atoms with van der Waals surface area (Å²) < 4.78 is 0. The molecular formula is C16H26N4O. The van der Waals surface area contributed by atoms with Crippen LogP contribution in [0.15, 0.2) is 18.2 Å². The SMILES string of the molecule is CCCN1CCN(c2ccc(C(=O)N(C)C)cc2N)CC1. The first-order valence-corrected chi connectivity index (χ1v) is 7.61. The Bertz CT molecular complexity index is 493. The summed E-state index contributed by atoms with van der Waals surface area (Å²) >= 11 is 0. The van der Waals surface area contributed by atoms with Gasteiger partial charge in [-0.3, -0.25) is 9.69 Å². The quantitative estimate of drug-likeness (QED) is 0.854. The predicted molar refractivity (Wildman–Crippen MR) is 87.8 cm³/mol. The van der Waals surface area contributed by atoms with Crippen LogP contribution >= 0.6 is 0 Å². The summed E-state index contributed by atoms with van der Waals surface area (Å²) in [5.41, 5.74) is 8.53. The van der Waals surface area contributed by atoms with Gasteiger partial charge in [0.1, 0.15) is 0 Å². The number of anilines is 2. The first-order valence-electron chi connectivity index (χ1n) is 7.61. The van der Waals surface area contributed by atoms with Crippen molar-refractivity contribution in [2.45, 2.75) is 13.3 Å². The predicted octanol–water partition coefficient (Wildman–Crippen LogP) is 1.50. The molecule has 116 valence electrons. The summed E-state index contributed by atoms with van der Waals surface area (Å²) in [5.74, 6) is -0.0129. The van der Waals surface area contributed by atoms with Gasteiger partial charge in [0, 0.05) is 45.8 Å². The van der Waals surface area contributed by atoms with E-state index < -0.39 is 0 Å². The van der Waals surface area contributed by atoms with Crippen LogP contribution in [0.1, 0.15) is 23.7 Å². The van der Waals surface area contributed by atoms with Crippen LogP contribution in [0.5, 0.6) is 0 Å². The molecule has 0 aromatic heterocycles. The lowest BCUT2D eigenvalue weighted by atomic mass is 10.1. The van der Waals surface area contributed by atoms with Gasteiger partial charge in [0.25, 0.3) is 5.91 Å². The number of piperazine rings is 1. The van der Waals surface area contributed by atoms with Gasteiger partial charge in [0.05, 0.1) is 11.4 Å². The van der Waals surface area contributed by atoms with Crippen LogP contribution in [0.2, 0.25) is 0 Å². The molecule has 0 atom stereocenters. The van der Waals surface area contributed by atoms with Crippen molar-refractivity contribution in [3.05, 3.63) is 23.8 Å². The normalized spacial score (nSPS) is 16.0. The Kier molecular flexibility index (Phi) is 5.07. The summed E-state index contributed by atoms with van der Waals surface area (Å²) in [6.07, 6.45) is 1.20. The van der Waals surface area contributed by atoms with Crippen LogP contribution in [0.4, 0.5) is 11.4 Å². The van der Waals surface area contributed by atoms with Gasteiger partial charge in [-0.2, -0.15) is 0 Å². The van der Waals surface area contributed by atoms with Crippen LogP contribution in [-0.2, 0) is 0 Å². The zero-order chi connectivity index (χ0) is 15.4. The summed E-state index contributed by atoms with van der Waals surface area (Å²) in [5, 5.41) is 0. The molecule has 1 heterocycles. The van der Waals surface area contributed by atoms with Gasteiger partial charge in [-0.1, -0.05) is 6.92 Å². The van der Waals surface area contributed by atoms with Crippen molar-refractivity contribution in [3.63, 3.8) is 0 Å². The van der Waals surface area contributed by atoms with Crippen molar-refractivity contribution >= 4 is 17.3 Å². The van der Waals surface area contributed by atoms with E-state index in [1.165, 1.54) is 13.0 Å². The second-order valence-corrected chi connectivity index (χ2v) is 5.80. The Morgan fingerprint density at radius 1 is 1.24 bits per heavy atom. The first kappa shape index (κ1) is 15.6. The molecule has 1 aromatic carbocycles. The van der Waals surface area contributed by atoms with E-state index in [1.807, 2.05) is 12.1 Å². The smallest absolute Gasteiger partial charge is 0.253 e. The summed E-state index contributed by atoms with van der Waals surface area (Å²) in [6.45, 7) is 7.51. The molecule has 1 amide bonds. The third kappa shape index (κ3) is 3.67. The second kappa shape index (κ2) is 6.80. The number of hydrogen-bond donors (Lipinski definition) is 1. The maximum atomic E-state index is 11.9.